The molecule has 0 atom stereocenters. The lowest BCUT2D eigenvalue weighted by Crippen LogP contribution is -2.11. The van der Waals surface area contributed by atoms with E-state index < -0.39 is 0 Å². The molecule has 0 spiro atoms. The monoisotopic (exact) mass is 361 g/mol. The van der Waals surface area contributed by atoms with Crippen molar-refractivity contribution in [3.8, 4) is 11.6 Å². The average molecular weight is 361 g/mol. The summed E-state index contributed by atoms with van der Waals surface area (Å²) in [5.74, 6) is 0.0957. The third kappa shape index (κ3) is 2.52. The summed E-state index contributed by atoms with van der Waals surface area (Å²) >= 11 is 1.26. The first-order chi connectivity index (χ1) is 12.5. The second kappa shape index (κ2) is 6.11. The molecule has 0 fully saturated rings. The number of rotatable bonds is 2. The third-order valence-electron chi connectivity index (χ3n) is 4.81. The number of nitrogens with one attached hydrogen (secondary N) is 1. The molecule has 130 valence electrons. The molecule has 1 aliphatic rings. The van der Waals surface area contributed by atoms with E-state index in [-0.39, 0.29) is 5.88 Å². The van der Waals surface area contributed by atoms with Crippen LogP contribution in [-0.2, 0) is 0 Å². The first kappa shape index (κ1) is 16.5. The topological polar surface area (TPSA) is 61.4 Å². The van der Waals surface area contributed by atoms with E-state index in [0.29, 0.717) is 9.68 Å². The molecule has 0 unspecified atom stereocenters. The Bertz CT molecular complexity index is 1150. The Hall–Kier alpha value is -2.92. The number of hydrogen-bond acceptors (Lipinski definition) is 4. The fraction of sp³-hybridized carbons (Fsp3) is 0.143. The number of para-hydroxylation sites is 1. The van der Waals surface area contributed by atoms with Gasteiger partial charge in [-0.1, -0.05) is 41.7 Å². The highest BCUT2D eigenvalue weighted by Crippen LogP contribution is 2.37. The van der Waals surface area contributed by atoms with Crippen molar-refractivity contribution in [2.45, 2.75) is 20.8 Å². The van der Waals surface area contributed by atoms with Gasteiger partial charge in [-0.05, 0) is 50.1 Å². The molecule has 26 heavy (non-hydrogen) atoms. The first-order valence-electron chi connectivity index (χ1n) is 8.40. The van der Waals surface area contributed by atoms with Gasteiger partial charge in [0.2, 0.25) is 5.88 Å². The van der Waals surface area contributed by atoms with E-state index in [2.05, 4.69) is 4.99 Å². The highest BCUT2D eigenvalue weighted by Gasteiger charge is 2.20. The number of thiazole rings is 1. The molecule has 0 saturated carbocycles. The van der Waals surface area contributed by atoms with Crippen molar-refractivity contribution in [1.29, 1.82) is 5.41 Å². The molecule has 0 bridgehead atoms. The van der Waals surface area contributed by atoms with Crippen molar-refractivity contribution in [1.82, 2.24) is 4.57 Å². The van der Waals surface area contributed by atoms with E-state index in [4.69, 9.17) is 5.41 Å². The van der Waals surface area contributed by atoms with Crippen LogP contribution >= 0.6 is 11.3 Å². The van der Waals surface area contributed by atoms with Crippen LogP contribution < -0.4 is 4.80 Å². The van der Waals surface area contributed by atoms with Crippen LogP contribution in [0.15, 0.2) is 47.5 Å². The number of nitrogens with zero attached hydrogens (tertiary/aromatic N) is 2. The van der Waals surface area contributed by atoms with Crippen LogP contribution in [0.25, 0.3) is 17.3 Å². The van der Waals surface area contributed by atoms with E-state index in [9.17, 15) is 5.11 Å². The summed E-state index contributed by atoms with van der Waals surface area (Å²) in [7, 11) is 0. The molecule has 5 heteroatoms. The number of fused-ring (bicyclic) bond motifs is 1. The van der Waals surface area contributed by atoms with Gasteiger partial charge in [0.15, 0.2) is 4.80 Å². The zero-order chi connectivity index (χ0) is 18.4. The smallest absolute Gasteiger partial charge is 0.215 e. The van der Waals surface area contributed by atoms with E-state index in [0.717, 1.165) is 39.3 Å². The molecule has 3 aromatic rings. The maximum atomic E-state index is 10.8. The van der Waals surface area contributed by atoms with Gasteiger partial charge in [0.05, 0.1) is 16.3 Å². The largest absolute Gasteiger partial charge is 0.493 e. The number of aromatic hydroxyl groups is 1. The third-order valence-corrected chi connectivity index (χ3v) is 5.70. The molecular weight excluding hydrogens is 342 g/mol. The van der Waals surface area contributed by atoms with Crippen molar-refractivity contribution >= 4 is 34.4 Å². The zero-order valence-electron chi connectivity index (χ0n) is 14.9. The van der Waals surface area contributed by atoms with E-state index in [1.807, 2.05) is 69.3 Å². The lowest BCUT2D eigenvalue weighted by molar-refractivity contribution is 0.438. The van der Waals surface area contributed by atoms with Gasteiger partial charge in [-0.2, -0.15) is 0 Å². The van der Waals surface area contributed by atoms with Crippen LogP contribution in [-0.4, -0.2) is 15.4 Å². The Morgan fingerprint density at radius 3 is 2.65 bits per heavy atom. The molecule has 0 amide bonds. The lowest BCUT2D eigenvalue weighted by atomic mass is 10.0. The van der Waals surface area contributed by atoms with Crippen LogP contribution in [0.4, 0.5) is 5.69 Å². The molecule has 2 aromatic carbocycles. The Morgan fingerprint density at radius 2 is 1.85 bits per heavy atom. The Labute approximate surface area is 155 Å². The molecule has 1 aliphatic heterocycles. The quantitative estimate of drug-likeness (QED) is 0.664. The van der Waals surface area contributed by atoms with E-state index >= 15 is 0 Å². The predicted octanol–water partition coefficient (Wildman–Crippen LogP) is 4.99. The maximum Gasteiger partial charge on any atom is 0.215 e. The molecule has 2 heterocycles. The van der Waals surface area contributed by atoms with Gasteiger partial charge in [-0.25, -0.2) is 0 Å². The molecule has 2 N–H and O–H groups in total. The minimum atomic E-state index is 0.0957. The van der Waals surface area contributed by atoms with Crippen LogP contribution in [0, 0.1) is 19.3 Å². The average Bonchev–Trinajstić information content (AvgIpc) is 3.08. The van der Waals surface area contributed by atoms with Crippen LogP contribution in [0.5, 0.6) is 5.88 Å². The Balaban J connectivity index is 1.88. The minimum absolute atomic E-state index is 0.0957. The predicted molar refractivity (Wildman–Crippen MR) is 108 cm³/mol. The summed E-state index contributed by atoms with van der Waals surface area (Å²) in [5.41, 5.74) is 6.94. The molecule has 1 aromatic heterocycles. The van der Waals surface area contributed by atoms with E-state index in [1.54, 1.807) is 4.57 Å². The van der Waals surface area contributed by atoms with Crippen LogP contribution in [0.3, 0.4) is 0 Å². The summed E-state index contributed by atoms with van der Waals surface area (Å²) in [4.78, 5) is 5.55. The van der Waals surface area contributed by atoms with E-state index in [1.165, 1.54) is 11.3 Å². The number of aliphatic imine (C=N–C) groups is 1. The zero-order valence-corrected chi connectivity index (χ0v) is 15.7. The molecule has 0 radical (unpaired) electrons. The summed E-state index contributed by atoms with van der Waals surface area (Å²) in [5, 5.41) is 19.2. The second-order valence-electron chi connectivity index (χ2n) is 6.42. The molecule has 4 rings (SSSR count). The number of benzene rings is 2. The second-order valence-corrected chi connectivity index (χ2v) is 7.45. The lowest BCUT2D eigenvalue weighted by Gasteiger charge is -2.10. The van der Waals surface area contributed by atoms with Gasteiger partial charge in [0, 0.05) is 16.8 Å². The van der Waals surface area contributed by atoms with Gasteiger partial charge in [-0.3, -0.25) is 15.0 Å². The van der Waals surface area contributed by atoms with Crippen molar-refractivity contribution in [2.24, 2.45) is 4.99 Å². The summed E-state index contributed by atoms with van der Waals surface area (Å²) < 4.78 is 1.60. The Kier molecular flexibility index (Phi) is 3.89. The van der Waals surface area contributed by atoms with Crippen molar-refractivity contribution in [3.05, 3.63) is 68.8 Å². The van der Waals surface area contributed by atoms with Gasteiger partial charge >= 0.3 is 0 Å². The number of hydrogen-bond donors (Lipinski definition) is 2. The fourth-order valence-corrected chi connectivity index (χ4v) is 4.09. The van der Waals surface area contributed by atoms with Crippen LogP contribution in [0.2, 0.25) is 0 Å². The van der Waals surface area contributed by atoms with Crippen molar-refractivity contribution in [3.63, 3.8) is 0 Å². The van der Waals surface area contributed by atoms with Crippen molar-refractivity contribution in [2.75, 3.05) is 0 Å². The fourth-order valence-electron chi connectivity index (χ4n) is 3.25. The molecule has 0 aliphatic carbocycles. The maximum absolute atomic E-state index is 10.8. The number of allylic oxidation sites excluding steroid dienone is 1. The van der Waals surface area contributed by atoms with Crippen molar-refractivity contribution < 1.29 is 5.11 Å². The number of aromatic nitrogens is 1. The molecule has 4 nitrogen and oxygen atoms in total. The Morgan fingerprint density at radius 1 is 1.08 bits per heavy atom. The van der Waals surface area contributed by atoms with Crippen LogP contribution in [0.1, 0.15) is 28.5 Å². The summed E-state index contributed by atoms with van der Waals surface area (Å²) in [6.45, 7) is 6.01. The van der Waals surface area contributed by atoms with Gasteiger partial charge in [0.1, 0.15) is 0 Å². The summed E-state index contributed by atoms with van der Waals surface area (Å²) in [6.07, 6.45) is 1.93. The van der Waals surface area contributed by atoms with Gasteiger partial charge in [0.25, 0.3) is 0 Å². The van der Waals surface area contributed by atoms with Gasteiger partial charge in [-0.15, -0.1) is 0 Å². The van der Waals surface area contributed by atoms with Gasteiger partial charge < -0.3 is 5.11 Å². The molecule has 0 saturated heterocycles. The summed E-state index contributed by atoms with van der Waals surface area (Å²) in [6, 6.07) is 13.9. The number of aryl methyl sites for hydroxylation is 1. The molecular formula is C21H19N3OS. The first-order valence-corrected chi connectivity index (χ1v) is 9.22. The SMILES string of the molecule is CC1=Nc2ccccc2/C1=C/c1sc(=N)n(-c2cccc(C)c2C)c1O. The highest BCUT2D eigenvalue weighted by molar-refractivity contribution is 7.10. The highest BCUT2D eigenvalue weighted by atomic mass is 32.1. The normalized spacial score (nSPS) is 14.6. The minimum Gasteiger partial charge on any atom is -0.493 e. The standard InChI is InChI=1S/C21H19N3OS/c1-12-7-6-10-18(13(12)2)24-20(25)19(26-21(24)22)11-16-14(3)23-17-9-5-4-8-15(16)17/h4-11,22,25H,1-3H3/b16-11+,22-21?.